The average Bonchev–Trinajstić information content (AvgIpc) is 2.01. The highest BCUT2D eigenvalue weighted by Gasteiger charge is 2.28. The van der Waals surface area contributed by atoms with Crippen molar-refractivity contribution in [3.63, 3.8) is 0 Å². The lowest BCUT2D eigenvalue weighted by atomic mass is 10.2. The maximum atomic E-state index is 11.9. The van der Waals surface area contributed by atoms with Gasteiger partial charge in [0.1, 0.15) is 0 Å². The van der Waals surface area contributed by atoms with Crippen LogP contribution in [0.15, 0.2) is 18.3 Å². The Hall–Kier alpha value is -1.26. The van der Waals surface area contributed by atoms with Crippen molar-refractivity contribution in [2.24, 2.45) is 0 Å². The fourth-order valence-electron chi connectivity index (χ4n) is 0.936. The van der Waals surface area contributed by atoms with Crippen LogP contribution in [-0.4, -0.2) is 18.2 Å². The molecule has 0 saturated carbocycles. The molecule has 0 aliphatic carbocycles. The summed E-state index contributed by atoms with van der Waals surface area (Å²) >= 11 is 0. The van der Waals surface area contributed by atoms with Crippen LogP contribution in [0.3, 0.4) is 0 Å². The van der Waals surface area contributed by atoms with Crippen LogP contribution in [-0.2, 0) is 6.42 Å². The Balaban J connectivity index is 2.78. The minimum atomic E-state index is -4.20. The molecule has 0 aromatic carbocycles. The summed E-state index contributed by atoms with van der Waals surface area (Å²) in [6, 6.07) is 2.99. The molecule has 1 heterocycles. The third kappa shape index (κ3) is 3.31. The molecule has 0 aliphatic heterocycles. The molecule has 1 N–H and O–H groups in total. The van der Waals surface area contributed by atoms with Crippen molar-refractivity contribution in [3.8, 4) is 0 Å². The molecule has 0 unspecified atom stereocenters. The van der Waals surface area contributed by atoms with Crippen LogP contribution in [0.4, 0.5) is 18.9 Å². The Morgan fingerprint density at radius 1 is 1.46 bits per heavy atom. The van der Waals surface area contributed by atoms with E-state index in [0.717, 1.165) is 0 Å². The van der Waals surface area contributed by atoms with Gasteiger partial charge in [0, 0.05) is 18.9 Å². The molecule has 0 amide bonds. The fraction of sp³-hybridized carbons (Fsp3) is 0.375. The topological polar surface area (TPSA) is 24.9 Å². The number of nitrogens with zero attached hydrogens (tertiary/aromatic N) is 1. The van der Waals surface area contributed by atoms with E-state index < -0.39 is 12.6 Å². The molecule has 1 rings (SSSR count). The first-order valence-corrected chi connectivity index (χ1v) is 3.71. The second kappa shape index (κ2) is 3.64. The van der Waals surface area contributed by atoms with Gasteiger partial charge in [0.05, 0.1) is 12.1 Å². The summed E-state index contributed by atoms with van der Waals surface area (Å²) in [5.41, 5.74) is 0.661. The van der Waals surface area contributed by atoms with Crippen molar-refractivity contribution < 1.29 is 13.2 Å². The molecule has 0 fully saturated rings. The van der Waals surface area contributed by atoms with E-state index in [0.29, 0.717) is 5.69 Å². The van der Waals surface area contributed by atoms with E-state index in [9.17, 15) is 13.2 Å². The molecule has 72 valence electrons. The number of alkyl halides is 3. The normalized spacial score (nSPS) is 11.4. The van der Waals surface area contributed by atoms with Crippen LogP contribution < -0.4 is 5.32 Å². The van der Waals surface area contributed by atoms with Crippen LogP contribution in [0.25, 0.3) is 0 Å². The van der Waals surface area contributed by atoms with Crippen molar-refractivity contribution >= 4 is 5.69 Å². The van der Waals surface area contributed by atoms with E-state index in [2.05, 4.69) is 10.3 Å². The molecule has 1 aromatic rings. The summed E-state index contributed by atoms with van der Waals surface area (Å²) in [4.78, 5) is 3.61. The Labute approximate surface area is 73.8 Å². The van der Waals surface area contributed by atoms with Crippen LogP contribution in [0, 0.1) is 0 Å². The molecule has 5 heteroatoms. The number of hydrogen-bond acceptors (Lipinski definition) is 2. The highest BCUT2D eigenvalue weighted by atomic mass is 19.4. The van der Waals surface area contributed by atoms with Crippen LogP contribution in [0.2, 0.25) is 0 Å². The van der Waals surface area contributed by atoms with Crippen molar-refractivity contribution in [3.05, 3.63) is 24.0 Å². The standard InChI is InChI=1S/C8H9F3N2/c1-12-6-2-3-13-7(4-6)5-8(9,10)11/h2-4H,5H2,1H3,(H,12,13). The maximum Gasteiger partial charge on any atom is 0.394 e. The number of anilines is 1. The first-order valence-electron chi connectivity index (χ1n) is 3.71. The molecule has 1 aromatic heterocycles. The maximum absolute atomic E-state index is 11.9. The van der Waals surface area contributed by atoms with E-state index in [-0.39, 0.29) is 5.69 Å². The zero-order chi connectivity index (χ0) is 9.90. The predicted octanol–water partition coefficient (Wildman–Crippen LogP) is 2.23. The molecule has 0 spiro atoms. The molecular formula is C8H9F3N2. The Morgan fingerprint density at radius 3 is 2.69 bits per heavy atom. The van der Waals surface area contributed by atoms with Gasteiger partial charge in [-0.2, -0.15) is 13.2 Å². The minimum absolute atomic E-state index is 0.0272. The zero-order valence-electron chi connectivity index (χ0n) is 7.02. The number of halogens is 3. The minimum Gasteiger partial charge on any atom is -0.388 e. The molecule has 2 nitrogen and oxygen atoms in total. The van der Waals surface area contributed by atoms with Gasteiger partial charge in [0.15, 0.2) is 0 Å². The van der Waals surface area contributed by atoms with E-state index in [1.54, 1.807) is 13.1 Å². The molecule has 13 heavy (non-hydrogen) atoms. The van der Waals surface area contributed by atoms with Crippen molar-refractivity contribution in [1.82, 2.24) is 4.98 Å². The highest BCUT2D eigenvalue weighted by Crippen LogP contribution is 2.21. The van der Waals surface area contributed by atoms with Gasteiger partial charge < -0.3 is 5.32 Å². The highest BCUT2D eigenvalue weighted by molar-refractivity contribution is 5.42. The average molecular weight is 190 g/mol. The summed E-state index contributed by atoms with van der Waals surface area (Å²) in [5, 5.41) is 2.75. The Kier molecular flexibility index (Phi) is 2.75. The van der Waals surface area contributed by atoms with Gasteiger partial charge in [-0.15, -0.1) is 0 Å². The number of pyridine rings is 1. The molecule has 0 aliphatic rings. The summed E-state index contributed by atoms with van der Waals surface area (Å²) < 4.78 is 35.7. The quantitative estimate of drug-likeness (QED) is 0.773. The molecule has 0 bridgehead atoms. The summed E-state index contributed by atoms with van der Waals surface area (Å²) in [5.74, 6) is 0. The van der Waals surface area contributed by atoms with Crippen LogP contribution in [0.1, 0.15) is 5.69 Å². The SMILES string of the molecule is CNc1ccnc(CC(F)(F)F)c1. The second-order valence-corrected chi connectivity index (χ2v) is 2.58. The second-order valence-electron chi connectivity index (χ2n) is 2.58. The first-order chi connectivity index (χ1) is 6.01. The van der Waals surface area contributed by atoms with E-state index in [4.69, 9.17) is 0 Å². The molecular weight excluding hydrogens is 181 g/mol. The Morgan fingerprint density at radius 2 is 2.15 bits per heavy atom. The number of rotatable bonds is 2. The molecule has 0 saturated heterocycles. The number of hydrogen-bond donors (Lipinski definition) is 1. The van der Waals surface area contributed by atoms with Gasteiger partial charge in [-0.1, -0.05) is 0 Å². The van der Waals surface area contributed by atoms with E-state index in [1.165, 1.54) is 12.3 Å². The van der Waals surface area contributed by atoms with Gasteiger partial charge in [0.2, 0.25) is 0 Å². The van der Waals surface area contributed by atoms with Crippen molar-refractivity contribution in [2.45, 2.75) is 12.6 Å². The lowest BCUT2D eigenvalue weighted by Gasteiger charge is -2.06. The third-order valence-electron chi connectivity index (χ3n) is 1.49. The fourth-order valence-corrected chi connectivity index (χ4v) is 0.936. The smallest absolute Gasteiger partial charge is 0.388 e. The van der Waals surface area contributed by atoms with Crippen molar-refractivity contribution in [1.29, 1.82) is 0 Å². The van der Waals surface area contributed by atoms with E-state index >= 15 is 0 Å². The molecule has 0 radical (unpaired) electrons. The predicted molar refractivity (Wildman–Crippen MR) is 43.5 cm³/mol. The zero-order valence-corrected chi connectivity index (χ0v) is 7.02. The Bertz CT molecular complexity index is 283. The lowest BCUT2D eigenvalue weighted by molar-refractivity contribution is -0.127. The van der Waals surface area contributed by atoms with Gasteiger partial charge in [-0.05, 0) is 12.1 Å². The van der Waals surface area contributed by atoms with Crippen LogP contribution >= 0.6 is 0 Å². The summed E-state index contributed by atoms with van der Waals surface area (Å²) in [6.07, 6.45) is -3.82. The van der Waals surface area contributed by atoms with Crippen LogP contribution in [0.5, 0.6) is 0 Å². The van der Waals surface area contributed by atoms with Gasteiger partial charge in [0.25, 0.3) is 0 Å². The summed E-state index contributed by atoms with van der Waals surface area (Å²) in [6.45, 7) is 0. The van der Waals surface area contributed by atoms with Crippen molar-refractivity contribution in [2.75, 3.05) is 12.4 Å². The van der Waals surface area contributed by atoms with E-state index in [1.807, 2.05) is 0 Å². The van der Waals surface area contributed by atoms with Gasteiger partial charge in [-0.25, -0.2) is 0 Å². The lowest BCUT2D eigenvalue weighted by Crippen LogP contribution is -2.12. The monoisotopic (exact) mass is 190 g/mol. The number of aromatic nitrogens is 1. The third-order valence-corrected chi connectivity index (χ3v) is 1.49. The first kappa shape index (κ1) is 9.83. The van der Waals surface area contributed by atoms with Gasteiger partial charge >= 0.3 is 6.18 Å². The van der Waals surface area contributed by atoms with Gasteiger partial charge in [-0.3, -0.25) is 4.98 Å². The number of nitrogens with one attached hydrogen (secondary N) is 1. The largest absolute Gasteiger partial charge is 0.394 e. The molecule has 0 atom stereocenters. The summed E-state index contributed by atoms with van der Waals surface area (Å²) in [7, 11) is 1.65.